The van der Waals surface area contributed by atoms with E-state index in [4.69, 9.17) is 26.2 Å². The van der Waals surface area contributed by atoms with E-state index in [0.29, 0.717) is 41.7 Å². The Kier molecular flexibility index (Phi) is 9.64. The molecule has 1 heterocycles. The largest absolute Gasteiger partial charge is 0.486 e. The maximum Gasteiger partial charge on any atom is 0.341 e. The molecule has 224 valence electrons. The molecule has 1 aliphatic carbocycles. The van der Waals surface area contributed by atoms with Crippen molar-refractivity contribution in [2.45, 2.75) is 43.1 Å². The standard InChI is InChI=1S/C31H29ClN2O7S2/c32-23-9-11-25(12-10-23)43(38,39)14-2-3-20-6-13-28(41-18-30(35)36)26(15-20)34-31(37)22-4-1-5-24(16-22)40-17-29-33-27(19-42-29)21-7-8-21/h1,4-6,9-13,15-16,19,21H,2-3,7-8,14,17-18H2,(H,34,37)(H,35,36). The SMILES string of the molecule is O=C(O)COc1ccc(CCCS(=O)(=O)c2ccc(Cl)cc2)cc1NC(=O)c1cccc(OCc2nc(C3CC3)cs2)c1. The van der Waals surface area contributed by atoms with Crippen LogP contribution in [-0.2, 0) is 27.7 Å². The lowest BCUT2D eigenvalue weighted by atomic mass is 10.1. The molecule has 2 N–H and O–H groups in total. The van der Waals surface area contributed by atoms with Crippen LogP contribution in [0.3, 0.4) is 0 Å². The van der Waals surface area contributed by atoms with Crippen molar-refractivity contribution >= 4 is 50.3 Å². The molecule has 0 aliphatic heterocycles. The molecule has 5 rings (SSSR count). The molecule has 0 saturated heterocycles. The van der Waals surface area contributed by atoms with Gasteiger partial charge in [0.05, 0.1) is 22.0 Å². The number of nitrogens with one attached hydrogen (secondary N) is 1. The molecule has 1 fully saturated rings. The molecule has 0 bridgehead atoms. The summed E-state index contributed by atoms with van der Waals surface area (Å²) in [5.41, 5.74) is 2.46. The Morgan fingerprint density at radius 3 is 2.58 bits per heavy atom. The van der Waals surface area contributed by atoms with Crippen LogP contribution in [0.15, 0.2) is 77.0 Å². The minimum Gasteiger partial charge on any atom is -0.486 e. The van der Waals surface area contributed by atoms with E-state index < -0.39 is 28.3 Å². The van der Waals surface area contributed by atoms with Gasteiger partial charge in [0.25, 0.3) is 5.91 Å². The zero-order valence-electron chi connectivity index (χ0n) is 23.0. The van der Waals surface area contributed by atoms with Gasteiger partial charge in [0.1, 0.15) is 23.1 Å². The number of aryl methyl sites for hydroxylation is 1. The molecule has 4 aromatic rings. The number of carboxylic acids is 1. The minimum absolute atomic E-state index is 0.0801. The summed E-state index contributed by atoms with van der Waals surface area (Å²) >= 11 is 7.42. The van der Waals surface area contributed by atoms with Gasteiger partial charge in [0, 0.05) is 21.9 Å². The van der Waals surface area contributed by atoms with Crippen molar-refractivity contribution in [2.75, 3.05) is 17.7 Å². The summed E-state index contributed by atoms with van der Waals surface area (Å²) < 4.78 is 36.7. The maximum absolute atomic E-state index is 13.2. The number of hydrogen-bond donors (Lipinski definition) is 2. The van der Waals surface area contributed by atoms with Crippen LogP contribution < -0.4 is 14.8 Å². The molecule has 0 spiro atoms. The van der Waals surface area contributed by atoms with Crippen LogP contribution in [0.5, 0.6) is 11.5 Å². The summed E-state index contributed by atoms with van der Waals surface area (Å²) in [5, 5.41) is 15.3. The zero-order valence-corrected chi connectivity index (χ0v) is 25.4. The van der Waals surface area contributed by atoms with Crippen molar-refractivity contribution in [3.05, 3.63) is 99.0 Å². The van der Waals surface area contributed by atoms with Crippen molar-refractivity contribution in [3.8, 4) is 11.5 Å². The number of carboxylic acid groups (broad SMARTS) is 1. The van der Waals surface area contributed by atoms with E-state index in [1.54, 1.807) is 53.8 Å². The number of carbonyl (C=O) groups excluding carboxylic acids is 1. The fourth-order valence-electron chi connectivity index (χ4n) is 4.35. The van der Waals surface area contributed by atoms with Crippen molar-refractivity contribution in [3.63, 3.8) is 0 Å². The number of carbonyl (C=O) groups is 2. The average molecular weight is 641 g/mol. The van der Waals surface area contributed by atoms with Gasteiger partial charge in [-0.25, -0.2) is 18.2 Å². The molecular weight excluding hydrogens is 612 g/mol. The van der Waals surface area contributed by atoms with E-state index >= 15 is 0 Å². The predicted octanol–water partition coefficient (Wildman–Crippen LogP) is 6.38. The highest BCUT2D eigenvalue weighted by molar-refractivity contribution is 7.91. The third kappa shape index (κ3) is 8.56. The van der Waals surface area contributed by atoms with E-state index in [2.05, 4.69) is 15.7 Å². The predicted molar refractivity (Wildman–Crippen MR) is 164 cm³/mol. The number of rotatable bonds is 14. The minimum atomic E-state index is -3.50. The lowest BCUT2D eigenvalue weighted by Gasteiger charge is -2.14. The van der Waals surface area contributed by atoms with Gasteiger partial charge >= 0.3 is 5.97 Å². The first-order valence-electron chi connectivity index (χ1n) is 13.6. The quantitative estimate of drug-likeness (QED) is 0.162. The van der Waals surface area contributed by atoms with Crippen LogP contribution in [0.4, 0.5) is 5.69 Å². The third-order valence-corrected chi connectivity index (χ3v) is 9.63. The van der Waals surface area contributed by atoms with Crippen molar-refractivity contribution in [1.82, 2.24) is 4.98 Å². The van der Waals surface area contributed by atoms with Gasteiger partial charge in [0.15, 0.2) is 16.4 Å². The van der Waals surface area contributed by atoms with E-state index in [-0.39, 0.29) is 22.1 Å². The second kappa shape index (κ2) is 13.6. The number of anilines is 1. The van der Waals surface area contributed by atoms with Gasteiger partial charge in [-0.3, -0.25) is 4.79 Å². The van der Waals surface area contributed by atoms with Gasteiger partial charge in [-0.15, -0.1) is 11.3 Å². The van der Waals surface area contributed by atoms with Crippen LogP contribution in [0, 0.1) is 0 Å². The van der Waals surface area contributed by atoms with Crippen LogP contribution in [0.25, 0.3) is 0 Å². The molecule has 9 nitrogen and oxygen atoms in total. The number of halogens is 1. The summed E-state index contributed by atoms with van der Waals surface area (Å²) in [7, 11) is -3.50. The number of thiazole rings is 1. The molecule has 0 atom stereocenters. The average Bonchev–Trinajstić information content (AvgIpc) is 3.73. The summed E-state index contributed by atoms with van der Waals surface area (Å²) in [4.78, 5) is 29.1. The second-order valence-electron chi connectivity index (χ2n) is 10.1. The van der Waals surface area contributed by atoms with Crippen LogP contribution in [0.1, 0.15) is 51.8 Å². The number of ether oxygens (including phenoxy) is 2. The van der Waals surface area contributed by atoms with Crippen molar-refractivity contribution < 1.29 is 32.6 Å². The Hall–Kier alpha value is -3.93. The number of aromatic nitrogens is 1. The smallest absolute Gasteiger partial charge is 0.341 e. The molecule has 1 saturated carbocycles. The molecule has 0 unspecified atom stereocenters. The molecule has 1 aliphatic rings. The van der Waals surface area contributed by atoms with E-state index in [9.17, 15) is 18.0 Å². The van der Waals surface area contributed by atoms with Crippen LogP contribution in [-0.4, -0.2) is 42.7 Å². The number of hydrogen-bond acceptors (Lipinski definition) is 8. The van der Waals surface area contributed by atoms with E-state index in [1.807, 2.05) is 0 Å². The molecule has 1 amide bonds. The van der Waals surface area contributed by atoms with Gasteiger partial charge in [0.2, 0.25) is 0 Å². The van der Waals surface area contributed by atoms with Crippen molar-refractivity contribution in [2.24, 2.45) is 0 Å². The topological polar surface area (TPSA) is 132 Å². The van der Waals surface area contributed by atoms with Crippen LogP contribution >= 0.6 is 22.9 Å². The lowest BCUT2D eigenvalue weighted by molar-refractivity contribution is -0.139. The van der Waals surface area contributed by atoms with Gasteiger partial charge in [-0.1, -0.05) is 23.7 Å². The first-order chi connectivity index (χ1) is 20.7. The van der Waals surface area contributed by atoms with Crippen molar-refractivity contribution in [1.29, 1.82) is 0 Å². The van der Waals surface area contributed by atoms with Gasteiger partial charge in [-0.2, -0.15) is 0 Å². The second-order valence-corrected chi connectivity index (χ2v) is 13.6. The lowest BCUT2D eigenvalue weighted by Crippen LogP contribution is -2.15. The first kappa shape index (κ1) is 30.5. The molecule has 12 heteroatoms. The highest BCUT2D eigenvalue weighted by Crippen LogP contribution is 2.40. The number of sulfone groups is 1. The Bertz CT molecular complexity index is 1720. The highest BCUT2D eigenvalue weighted by Gasteiger charge is 2.26. The molecule has 0 radical (unpaired) electrons. The Balaban J connectivity index is 1.24. The number of amides is 1. The fraction of sp³-hybridized carbons (Fsp3) is 0.258. The summed E-state index contributed by atoms with van der Waals surface area (Å²) in [5.74, 6) is -0.433. The Morgan fingerprint density at radius 1 is 1.05 bits per heavy atom. The fourth-order valence-corrected chi connectivity index (χ4v) is 6.57. The summed E-state index contributed by atoms with van der Waals surface area (Å²) in [6.45, 7) is -0.296. The van der Waals surface area contributed by atoms with E-state index in [1.165, 1.54) is 37.1 Å². The molecule has 1 aromatic heterocycles. The maximum atomic E-state index is 13.2. The zero-order chi connectivity index (χ0) is 30.4. The van der Waals surface area contributed by atoms with E-state index in [0.717, 1.165) is 16.3 Å². The van der Waals surface area contributed by atoms with Gasteiger partial charge in [-0.05, 0) is 85.8 Å². The molecule has 3 aromatic carbocycles. The molecule has 43 heavy (non-hydrogen) atoms. The molecular formula is C31H29ClN2O7S2. The Morgan fingerprint density at radius 2 is 1.84 bits per heavy atom. The van der Waals surface area contributed by atoms with Crippen LogP contribution in [0.2, 0.25) is 5.02 Å². The highest BCUT2D eigenvalue weighted by atomic mass is 35.5. The number of aliphatic carboxylic acids is 1. The normalized spacial score (nSPS) is 13.0. The third-order valence-electron chi connectivity index (χ3n) is 6.72. The number of benzene rings is 3. The summed E-state index contributed by atoms with van der Waals surface area (Å²) in [6, 6.07) is 17.7. The van der Waals surface area contributed by atoms with Gasteiger partial charge < -0.3 is 19.9 Å². The first-order valence-corrected chi connectivity index (χ1v) is 16.5. The summed E-state index contributed by atoms with van der Waals surface area (Å²) in [6.07, 6.45) is 3.09. The Labute approximate surface area is 258 Å². The number of nitrogens with zero attached hydrogens (tertiary/aromatic N) is 1. The monoisotopic (exact) mass is 640 g/mol.